The van der Waals surface area contributed by atoms with E-state index in [-0.39, 0.29) is 21.5 Å². The summed E-state index contributed by atoms with van der Waals surface area (Å²) in [5.41, 5.74) is -0.263. The van der Waals surface area contributed by atoms with Crippen molar-refractivity contribution in [2.24, 2.45) is 0 Å². The van der Waals surface area contributed by atoms with E-state index in [1.54, 1.807) is 13.8 Å². The molecule has 0 saturated carbocycles. The van der Waals surface area contributed by atoms with Gasteiger partial charge in [0.2, 0.25) is 0 Å². The van der Waals surface area contributed by atoms with Crippen molar-refractivity contribution in [1.82, 2.24) is 4.31 Å². The minimum atomic E-state index is -3.86. The van der Waals surface area contributed by atoms with E-state index in [1.165, 1.54) is 7.05 Å². The van der Waals surface area contributed by atoms with E-state index in [1.807, 2.05) is 0 Å². The van der Waals surface area contributed by atoms with Crippen LogP contribution in [0.25, 0.3) is 0 Å². The zero-order valence-electron chi connectivity index (χ0n) is 11.4. The number of hydrogen-bond acceptors (Lipinski definition) is 7. The Morgan fingerprint density at radius 1 is 1.60 bits per heavy atom. The molecule has 0 saturated heterocycles. The van der Waals surface area contributed by atoms with Crippen molar-refractivity contribution in [2.75, 3.05) is 25.5 Å². The van der Waals surface area contributed by atoms with Crippen molar-refractivity contribution in [3.8, 4) is 0 Å². The Kier molecular flexibility index (Phi) is 5.45. The molecule has 0 fully saturated rings. The van der Waals surface area contributed by atoms with Crippen molar-refractivity contribution in [3.63, 3.8) is 0 Å². The number of rotatable bonds is 7. The number of aliphatic hydroxyl groups is 1. The van der Waals surface area contributed by atoms with Gasteiger partial charge in [-0.2, -0.15) is 4.31 Å². The summed E-state index contributed by atoms with van der Waals surface area (Å²) in [4.78, 5) is 10.3. The molecule has 1 aromatic heterocycles. The third-order valence-electron chi connectivity index (χ3n) is 2.74. The van der Waals surface area contributed by atoms with Crippen LogP contribution in [0.2, 0.25) is 0 Å². The van der Waals surface area contributed by atoms with Crippen molar-refractivity contribution in [2.45, 2.75) is 24.1 Å². The number of nitrogens with zero attached hydrogens (tertiary/aromatic N) is 2. The van der Waals surface area contributed by atoms with Gasteiger partial charge in [0.05, 0.1) is 11.5 Å². The largest absolute Gasteiger partial charge is 0.395 e. The number of nitrogens with one attached hydrogen (secondary N) is 1. The van der Waals surface area contributed by atoms with Gasteiger partial charge in [0.1, 0.15) is 4.21 Å². The van der Waals surface area contributed by atoms with Crippen LogP contribution in [0.1, 0.15) is 13.8 Å². The fourth-order valence-corrected chi connectivity index (χ4v) is 4.34. The summed E-state index contributed by atoms with van der Waals surface area (Å²) in [5, 5.41) is 22.9. The smallest absolute Gasteiger partial charge is 0.304 e. The Balaban J connectivity index is 3.26. The first-order valence-electron chi connectivity index (χ1n) is 5.86. The van der Waals surface area contributed by atoms with Gasteiger partial charge < -0.3 is 10.4 Å². The van der Waals surface area contributed by atoms with Gasteiger partial charge in [-0.3, -0.25) is 10.1 Å². The van der Waals surface area contributed by atoms with E-state index < -0.39 is 21.0 Å². The lowest BCUT2D eigenvalue weighted by atomic mass is 10.4. The number of likely N-dealkylation sites (N-methyl/N-ethyl adjacent to an activating group) is 1. The van der Waals surface area contributed by atoms with Crippen molar-refractivity contribution < 1.29 is 18.4 Å². The summed E-state index contributed by atoms with van der Waals surface area (Å²) in [6, 6.07) is 0.433. The molecule has 2 N–H and O–H groups in total. The van der Waals surface area contributed by atoms with Gasteiger partial charge in [-0.25, -0.2) is 8.42 Å². The summed E-state index contributed by atoms with van der Waals surface area (Å²) >= 11 is 0.812. The van der Waals surface area contributed by atoms with Gasteiger partial charge >= 0.3 is 5.69 Å². The van der Waals surface area contributed by atoms with Gasteiger partial charge in [0, 0.05) is 25.7 Å². The zero-order chi connectivity index (χ0) is 15.5. The highest BCUT2D eigenvalue weighted by Gasteiger charge is 2.31. The van der Waals surface area contributed by atoms with Gasteiger partial charge in [0.15, 0.2) is 5.00 Å². The third-order valence-corrected chi connectivity index (χ3v) is 6.25. The molecule has 10 heteroatoms. The second-order valence-corrected chi connectivity index (χ2v) is 7.40. The fourth-order valence-electron chi connectivity index (χ4n) is 1.40. The van der Waals surface area contributed by atoms with Crippen LogP contribution < -0.4 is 5.32 Å². The van der Waals surface area contributed by atoms with Crippen LogP contribution >= 0.6 is 11.3 Å². The maximum absolute atomic E-state index is 12.3. The summed E-state index contributed by atoms with van der Waals surface area (Å²) in [7, 11) is -2.53. The van der Waals surface area contributed by atoms with Crippen molar-refractivity contribution >= 4 is 32.0 Å². The number of hydrogen-bond donors (Lipinski definition) is 2. The molecule has 0 aliphatic carbocycles. The van der Waals surface area contributed by atoms with Gasteiger partial charge in [-0.1, -0.05) is 11.3 Å². The molecule has 0 bridgehead atoms. The van der Waals surface area contributed by atoms with E-state index in [4.69, 9.17) is 5.11 Å². The Hall–Kier alpha value is -1.23. The van der Waals surface area contributed by atoms with Crippen molar-refractivity contribution in [3.05, 3.63) is 16.2 Å². The molecule has 1 heterocycles. The highest BCUT2D eigenvalue weighted by atomic mass is 32.2. The molecule has 0 spiro atoms. The molecule has 1 atom stereocenters. The predicted octanol–water partition coefficient (Wildman–Crippen LogP) is 1.09. The highest BCUT2D eigenvalue weighted by Crippen LogP contribution is 2.38. The third kappa shape index (κ3) is 3.26. The second-order valence-electron chi connectivity index (χ2n) is 4.12. The van der Waals surface area contributed by atoms with E-state index in [9.17, 15) is 18.5 Å². The first-order chi connectivity index (χ1) is 9.25. The lowest BCUT2D eigenvalue weighted by molar-refractivity contribution is -0.383. The Labute approximate surface area is 121 Å². The minimum Gasteiger partial charge on any atom is -0.395 e. The molecule has 0 aromatic carbocycles. The summed E-state index contributed by atoms with van der Waals surface area (Å²) < 4.78 is 25.5. The standard InChI is InChI=1S/C10H17N3O5S2/c1-4-11-10-8(13(15)16)5-9(19-10)20(17,18)12(3)7(2)6-14/h5,7,11,14H,4,6H2,1-3H3. The minimum absolute atomic E-state index is 0.122. The molecule has 8 nitrogen and oxygen atoms in total. The van der Waals surface area contributed by atoms with E-state index >= 15 is 0 Å². The Morgan fingerprint density at radius 2 is 2.20 bits per heavy atom. The average molecular weight is 323 g/mol. The molecule has 0 radical (unpaired) electrons. The van der Waals surface area contributed by atoms with Gasteiger partial charge in [-0.15, -0.1) is 0 Å². The lowest BCUT2D eigenvalue weighted by Gasteiger charge is -2.21. The van der Waals surface area contributed by atoms with Crippen LogP contribution in [-0.4, -0.2) is 49.0 Å². The monoisotopic (exact) mass is 323 g/mol. The van der Waals surface area contributed by atoms with Crippen LogP contribution in [0, 0.1) is 10.1 Å². The molecule has 0 amide bonds. The maximum Gasteiger partial charge on any atom is 0.304 e. The van der Waals surface area contributed by atoms with Crippen LogP contribution in [0.5, 0.6) is 0 Å². The van der Waals surface area contributed by atoms with Gasteiger partial charge in [0.25, 0.3) is 10.0 Å². The van der Waals surface area contributed by atoms with E-state index in [0.717, 1.165) is 21.7 Å². The molecule has 0 aliphatic rings. The molecule has 1 rings (SSSR count). The number of aliphatic hydroxyl groups excluding tert-OH is 1. The number of anilines is 1. The first-order valence-corrected chi connectivity index (χ1v) is 8.12. The van der Waals surface area contributed by atoms with Crippen LogP contribution in [0.4, 0.5) is 10.7 Å². The Morgan fingerprint density at radius 3 is 2.65 bits per heavy atom. The Bertz CT molecular complexity index is 584. The quantitative estimate of drug-likeness (QED) is 0.573. The van der Waals surface area contributed by atoms with E-state index in [0.29, 0.717) is 6.54 Å². The van der Waals surface area contributed by atoms with E-state index in [2.05, 4.69) is 5.32 Å². The summed E-state index contributed by atoms with van der Waals surface area (Å²) in [6.07, 6.45) is 0. The average Bonchev–Trinajstić information content (AvgIpc) is 2.82. The molecule has 114 valence electrons. The van der Waals surface area contributed by atoms with Crippen LogP contribution in [0.15, 0.2) is 10.3 Å². The normalized spacial score (nSPS) is 13.4. The number of nitro groups is 1. The lowest BCUT2D eigenvalue weighted by Crippen LogP contribution is -2.36. The molecular formula is C10H17N3O5S2. The molecule has 1 aromatic rings. The fraction of sp³-hybridized carbons (Fsp3) is 0.600. The van der Waals surface area contributed by atoms with Crippen LogP contribution in [0.3, 0.4) is 0 Å². The van der Waals surface area contributed by atoms with Crippen molar-refractivity contribution in [1.29, 1.82) is 0 Å². The predicted molar refractivity (Wildman–Crippen MR) is 76.6 cm³/mol. The maximum atomic E-state index is 12.3. The molecule has 20 heavy (non-hydrogen) atoms. The topological polar surface area (TPSA) is 113 Å². The van der Waals surface area contributed by atoms with Crippen LogP contribution in [-0.2, 0) is 10.0 Å². The SMILES string of the molecule is CCNc1sc(S(=O)(=O)N(C)C(C)CO)cc1[N+](=O)[O-]. The zero-order valence-corrected chi connectivity index (χ0v) is 13.0. The summed E-state index contributed by atoms with van der Waals surface area (Å²) in [5.74, 6) is 0. The number of thiophene rings is 1. The highest BCUT2D eigenvalue weighted by molar-refractivity contribution is 7.91. The van der Waals surface area contributed by atoms with Gasteiger partial charge in [-0.05, 0) is 13.8 Å². The summed E-state index contributed by atoms with van der Waals surface area (Å²) in [6.45, 7) is 3.43. The molecular weight excluding hydrogens is 306 g/mol. The number of sulfonamides is 1. The molecule has 1 unspecified atom stereocenters. The second kappa shape index (κ2) is 6.48. The first kappa shape index (κ1) is 16.8. The molecule has 0 aliphatic heterocycles.